The number of rotatable bonds is 7. The standard InChI is InChI=1S/C27H28N4O6/c1-14-24(15-7-8-20(33-2)21(11-15)34-3)27-29-28-25-18(31(27)30-14)9-16(10-19(25)32)17-12-22(35-4)26(37-6)23(13-17)36-5/h7-8,11-13,16H,9-10H2,1-6H3/t16-/m1/s1. The van der Waals surface area contributed by atoms with Gasteiger partial charge in [-0.1, -0.05) is 6.07 Å². The number of methoxy groups -OCH3 is 5. The number of ketones is 1. The average Bonchev–Trinajstić information content (AvgIpc) is 3.27. The van der Waals surface area contributed by atoms with Crippen LogP contribution in [-0.2, 0) is 6.42 Å². The Labute approximate surface area is 214 Å². The maximum atomic E-state index is 13.2. The van der Waals surface area contributed by atoms with E-state index < -0.39 is 0 Å². The summed E-state index contributed by atoms with van der Waals surface area (Å²) in [7, 11) is 7.90. The highest BCUT2D eigenvalue weighted by Gasteiger charge is 2.32. The van der Waals surface area contributed by atoms with Gasteiger partial charge in [0, 0.05) is 6.42 Å². The molecule has 0 amide bonds. The van der Waals surface area contributed by atoms with Crippen LogP contribution in [0.1, 0.15) is 39.8 Å². The maximum absolute atomic E-state index is 13.2. The van der Waals surface area contributed by atoms with Crippen molar-refractivity contribution in [1.82, 2.24) is 19.8 Å². The largest absolute Gasteiger partial charge is 0.493 e. The van der Waals surface area contributed by atoms with Gasteiger partial charge in [-0.25, -0.2) is 4.52 Å². The van der Waals surface area contributed by atoms with E-state index in [-0.39, 0.29) is 18.1 Å². The molecule has 4 aromatic rings. The number of aromatic nitrogens is 4. The third-order valence-corrected chi connectivity index (χ3v) is 6.78. The summed E-state index contributed by atoms with van der Waals surface area (Å²) < 4.78 is 29.1. The Kier molecular flexibility index (Phi) is 6.32. The van der Waals surface area contributed by atoms with Crippen molar-refractivity contribution in [2.75, 3.05) is 35.5 Å². The number of nitrogens with zero attached hydrogens (tertiary/aromatic N) is 4. The van der Waals surface area contributed by atoms with E-state index in [1.54, 1.807) is 40.1 Å². The third kappa shape index (κ3) is 3.98. The fourth-order valence-electron chi connectivity index (χ4n) is 4.98. The zero-order chi connectivity index (χ0) is 26.3. The predicted octanol–water partition coefficient (Wildman–Crippen LogP) is 4.06. The Hall–Kier alpha value is -4.34. The number of hydrogen-bond acceptors (Lipinski definition) is 9. The summed E-state index contributed by atoms with van der Waals surface area (Å²) in [5, 5.41) is 13.5. The zero-order valence-electron chi connectivity index (χ0n) is 21.6. The highest BCUT2D eigenvalue weighted by atomic mass is 16.5. The molecule has 0 saturated heterocycles. The number of carbonyl (C=O) groups is 1. The Morgan fingerprint density at radius 1 is 0.811 bits per heavy atom. The molecule has 0 spiro atoms. The molecule has 37 heavy (non-hydrogen) atoms. The first-order valence-electron chi connectivity index (χ1n) is 11.7. The van der Waals surface area contributed by atoms with E-state index in [1.165, 1.54) is 0 Å². The minimum absolute atomic E-state index is 0.0878. The molecule has 5 rings (SSSR count). The summed E-state index contributed by atoms with van der Waals surface area (Å²) in [5.74, 6) is 2.60. The summed E-state index contributed by atoms with van der Waals surface area (Å²) in [6.45, 7) is 1.91. The minimum Gasteiger partial charge on any atom is -0.493 e. The molecule has 10 nitrogen and oxygen atoms in total. The van der Waals surface area contributed by atoms with Crippen LogP contribution in [0.25, 0.3) is 16.8 Å². The van der Waals surface area contributed by atoms with Gasteiger partial charge in [-0.05, 0) is 54.7 Å². The molecule has 0 unspecified atom stereocenters. The van der Waals surface area contributed by atoms with Gasteiger partial charge in [0.15, 0.2) is 40.1 Å². The minimum atomic E-state index is -0.129. The molecule has 1 atom stereocenters. The quantitative estimate of drug-likeness (QED) is 0.368. The molecule has 1 aliphatic rings. The van der Waals surface area contributed by atoms with Crippen molar-refractivity contribution in [2.24, 2.45) is 0 Å². The lowest BCUT2D eigenvalue weighted by Crippen LogP contribution is -2.24. The first-order valence-corrected chi connectivity index (χ1v) is 11.7. The second-order valence-electron chi connectivity index (χ2n) is 8.75. The molecular formula is C27H28N4O6. The topological polar surface area (TPSA) is 106 Å². The van der Waals surface area contributed by atoms with Crippen LogP contribution in [0.5, 0.6) is 28.7 Å². The Balaban J connectivity index is 1.62. The maximum Gasteiger partial charge on any atom is 0.203 e. The molecule has 0 radical (unpaired) electrons. The monoisotopic (exact) mass is 504 g/mol. The summed E-state index contributed by atoms with van der Waals surface area (Å²) in [5.41, 5.74) is 4.98. The molecule has 2 aromatic carbocycles. The second kappa shape index (κ2) is 9.61. The van der Waals surface area contributed by atoms with Crippen molar-refractivity contribution >= 4 is 11.4 Å². The molecule has 2 aromatic heterocycles. The average molecular weight is 505 g/mol. The number of hydrogen-bond donors (Lipinski definition) is 0. The van der Waals surface area contributed by atoms with Crippen LogP contribution < -0.4 is 23.7 Å². The van der Waals surface area contributed by atoms with Crippen LogP contribution in [0.4, 0.5) is 0 Å². The highest BCUT2D eigenvalue weighted by molar-refractivity contribution is 5.97. The van der Waals surface area contributed by atoms with Crippen LogP contribution in [-0.4, -0.2) is 61.1 Å². The number of ether oxygens (including phenoxy) is 5. The number of carbonyl (C=O) groups excluding carboxylic acids is 1. The van der Waals surface area contributed by atoms with Crippen molar-refractivity contribution in [3.63, 3.8) is 0 Å². The second-order valence-corrected chi connectivity index (χ2v) is 8.75. The van der Waals surface area contributed by atoms with Gasteiger partial charge < -0.3 is 23.7 Å². The van der Waals surface area contributed by atoms with Crippen LogP contribution >= 0.6 is 0 Å². The van der Waals surface area contributed by atoms with Gasteiger partial charge in [-0.15, -0.1) is 10.2 Å². The van der Waals surface area contributed by atoms with Crippen molar-refractivity contribution in [1.29, 1.82) is 0 Å². The van der Waals surface area contributed by atoms with Gasteiger partial charge in [-0.3, -0.25) is 4.79 Å². The summed E-state index contributed by atoms with van der Waals surface area (Å²) >= 11 is 0. The van der Waals surface area contributed by atoms with Gasteiger partial charge in [0.05, 0.1) is 52.5 Å². The number of aryl methyl sites for hydroxylation is 1. The Morgan fingerprint density at radius 3 is 2.11 bits per heavy atom. The predicted molar refractivity (Wildman–Crippen MR) is 136 cm³/mol. The highest BCUT2D eigenvalue weighted by Crippen LogP contribution is 2.43. The molecule has 1 aliphatic carbocycles. The molecule has 0 aliphatic heterocycles. The van der Waals surface area contributed by atoms with Crippen LogP contribution in [0.2, 0.25) is 0 Å². The summed E-state index contributed by atoms with van der Waals surface area (Å²) in [6.07, 6.45) is 0.826. The van der Waals surface area contributed by atoms with Gasteiger partial charge >= 0.3 is 0 Å². The van der Waals surface area contributed by atoms with Gasteiger partial charge in [0.1, 0.15) is 0 Å². The van der Waals surface area contributed by atoms with E-state index in [4.69, 9.17) is 28.8 Å². The van der Waals surface area contributed by atoms with E-state index >= 15 is 0 Å². The van der Waals surface area contributed by atoms with Crippen LogP contribution in [0.15, 0.2) is 30.3 Å². The van der Waals surface area contributed by atoms with Crippen molar-refractivity contribution in [3.05, 3.63) is 53.0 Å². The van der Waals surface area contributed by atoms with E-state index in [9.17, 15) is 4.79 Å². The van der Waals surface area contributed by atoms with Gasteiger partial charge in [0.2, 0.25) is 5.75 Å². The van der Waals surface area contributed by atoms with E-state index in [2.05, 4.69) is 10.2 Å². The smallest absolute Gasteiger partial charge is 0.203 e. The van der Waals surface area contributed by atoms with Gasteiger partial charge in [-0.2, -0.15) is 5.10 Å². The SMILES string of the molecule is COc1ccc(-c2c(C)nn3c4c(nnc23)C(=O)C[C@H](c2cc(OC)c(OC)c(OC)c2)C4)cc1OC. The van der Waals surface area contributed by atoms with E-state index in [0.717, 1.165) is 28.1 Å². The fraction of sp³-hybridized carbons (Fsp3) is 0.333. The number of benzene rings is 2. The van der Waals surface area contributed by atoms with Crippen molar-refractivity contribution in [3.8, 4) is 39.9 Å². The Morgan fingerprint density at radius 2 is 1.49 bits per heavy atom. The fourth-order valence-corrected chi connectivity index (χ4v) is 4.98. The first kappa shape index (κ1) is 24.4. The molecule has 2 heterocycles. The van der Waals surface area contributed by atoms with E-state index in [1.807, 2.05) is 37.3 Å². The van der Waals surface area contributed by atoms with Crippen molar-refractivity contribution < 1.29 is 28.5 Å². The number of Topliss-reactive ketones (excluding diaryl/α,β-unsaturated/α-hetero) is 1. The Bertz CT molecular complexity index is 1490. The summed E-state index contributed by atoms with van der Waals surface area (Å²) in [4.78, 5) is 13.2. The molecule has 0 saturated carbocycles. The molecule has 10 heteroatoms. The first-order chi connectivity index (χ1) is 17.9. The normalized spacial score (nSPS) is 14.9. The van der Waals surface area contributed by atoms with Crippen molar-refractivity contribution in [2.45, 2.75) is 25.7 Å². The molecule has 0 fully saturated rings. The van der Waals surface area contributed by atoms with Gasteiger partial charge in [0.25, 0.3) is 0 Å². The number of fused-ring (bicyclic) bond motifs is 3. The third-order valence-electron chi connectivity index (χ3n) is 6.78. The zero-order valence-corrected chi connectivity index (χ0v) is 21.6. The lowest BCUT2D eigenvalue weighted by Gasteiger charge is -2.24. The molecule has 0 bridgehead atoms. The lowest BCUT2D eigenvalue weighted by molar-refractivity contribution is 0.0955. The molecular weight excluding hydrogens is 476 g/mol. The molecule has 192 valence electrons. The van der Waals surface area contributed by atoms with E-state index in [0.29, 0.717) is 46.5 Å². The van der Waals surface area contributed by atoms with Crippen LogP contribution in [0, 0.1) is 6.92 Å². The van der Waals surface area contributed by atoms with Crippen LogP contribution in [0.3, 0.4) is 0 Å². The lowest BCUT2D eigenvalue weighted by atomic mass is 9.83. The molecule has 0 N–H and O–H groups in total. The summed E-state index contributed by atoms with van der Waals surface area (Å²) in [6, 6.07) is 9.43.